The van der Waals surface area contributed by atoms with Crippen molar-refractivity contribution in [2.45, 2.75) is 33.1 Å². The highest BCUT2D eigenvalue weighted by Crippen LogP contribution is 2.15. The van der Waals surface area contributed by atoms with E-state index in [4.69, 9.17) is 4.74 Å². The van der Waals surface area contributed by atoms with Crippen molar-refractivity contribution in [1.82, 2.24) is 5.43 Å². The summed E-state index contributed by atoms with van der Waals surface area (Å²) in [6.45, 7) is 4.88. The van der Waals surface area contributed by atoms with E-state index in [1.165, 1.54) is 0 Å². The average molecular weight is 353 g/mol. The second-order valence-corrected chi connectivity index (χ2v) is 5.87. The van der Waals surface area contributed by atoms with Gasteiger partial charge < -0.3 is 10.1 Å². The lowest BCUT2D eigenvalue weighted by Gasteiger charge is -2.09. The molecule has 2 aromatic carbocycles. The third-order valence-electron chi connectivity index (χ3n) is 3.81. The quantitative estimate of drug-likeness (QED) is 0.497. The van der Waals surface area contributed by atoms with E-state index >= 15 is 0 Å². The Bertz CT molecular complexity index is 697. The van der Waals surface area contributed by atoms with Crippen molar-refractivity contribution >= 4 is 17.3 Å². The smallest absolute Gasteiger partial charge is 0.259 e. The monoisotopic (exact) mass is 353 g/mol. The highest BCUT2D eigenvalue weighted by Gasteiger charge is 2.05. The second-order valence-electron chi connectivity index (χ2n) is 5.87. The van der Waals surface area contributed by atoms with E-state index < -0.39 is 0 Å². The van der Waals surface area contributed by atoms with Crippen LogP contribution in [0.4, 0.5) is 5.69 Å². The molecule has 26 heavy (non-hydrogen) atoms. The Morgan fingerprint density at radius 1 is 1.04 bits per heavy atom. The summed E-state index contributed by atoms with van der Waals surface area (Å²) in [5.41, 5.74) is 5.46. The summed E-state index contributed by atoms with van der Waals surface area (Å²) in [5.74, 6) is 0.638. The van der Waals surface area contributed by atoms with Crippen molar-refractivity contribution < 1.29 is 9.53 Å². The summed E-state index contributed by atoms with van der Waals surface area (Å²) in [7, 11) is 0. The van der Waals surface area contributed by atoms with Crippen molar-refractivity contribution in [2.75, 3.05) is 18.5 Å². The van der Waals surface area contributed by atoms with Crippen LogP contribution in [0.3, 0.4) is 0 Å². The number of rotatable bonds is 10. The lowest BCUT2D eigenvalue weighted by atomic mass is 10.1. The van der Waals surface area contributed by atoms with Gasteiger partial charge in [-0.15, -0.1) is 0 Å². The van der Waals surface area contributed by atoms with Crippen LogP contribution in [0.1, 0.15) is 38.7 Å². The van der Waals surface area contributed by atoms with Crippen LogP contribution in [-0.2, 0) is 4.79 Å². The van der Waals surface area contributed by atoms with E-state index in [9.17, 15) is 4.79 Å². The van der Waals surface area contributed by atoms with Gasteiger partial charge in [0.15, 0.2) is 0 Å². The first kappa shape index (κ1) is 19.5. The van der Waals surface area contributed by atoms with Gasteiger partial charge in [0, 0.05) is 5.69 Å². The fraction of sp³-hybridized carbons (Fsp3) is 0.333. The van der Waals surface area contributed by atoms with E-state index in [0.29, 0.717) is 6.61 Å². The molecule has 0 aliphatic carbocycles. The van der Waals surface area contributed by atoms with E-state index in [-0.39, 0.29) is 12.5 Å². The van der Waals surface area contributed by atoms with Gasteiger partial charge >= 0.3 is 0 Å². The topological polar surface area (TPSA) is 62.7 Å². The fourth-order valence-electron chi connectivity index (χ4n) is 2.43. The molecule has 2 rings (SSSR count). The van der Waals surface area contributed by atoms with Gasteiger partial charge in [-0.1, -0.05) is 43.7 Å². The Balaban J connectivity index is 1.89. The maximum absolute atomic E-state index is 12.1. The molecular formula is C21H27N3O2. The van der Waals surface area contributed by atoms with E-state index in [1.807, 2.05) is 61.5 Å². The predicted molar refractivity (Wildman–Crippen MR) is 107 cm³/mol. The summed E-state index contributed by atoms with van der Waals surface area (Å²) in [6.07, 6.45) is 2.96. The minimum atomic E-state index is -0.177. The Morgan fingerprint density at radius 3 is 2.42 bits per heavy atom. The molecule has 1 amide bonds. The number of benzene rings is 2. The zero-order valence-corrected chi connectivity index (χ0v) is 15.5. The first-order valence-corrected chi connectivity index (χ1v) is 9.10. The average Bonchev–Trinajstić information content (AvgIpc) is 2.68. The number of unbranched alkanes of at least 4 members (excludes halogenated alkanes) is 1. The van der Waals surface area contributed by atoms with Crippen LogP contribution in [-0.4, -0.2) is 24.8 Å². The normalized spacial score (nSPS) is 11.1. The van der Waals surface area contributed by atoms with Gasteiger partial charge in [-0.2, -0.15) is 5.10 Å². The molecule has 0 heterocycles. The number of nitrogens with one attached hydrogen (secondary N) is 2. The molecule has 2 aromatic rings. The Labute approximate surface area is 155 Å². The van der Waals surface area contributed by atoms with Crippen LogP contribution in [0.25, 0.3) is 0 Å². The first-order valence-electron chi connectivity index (χ1n) is 9.10. The molecule has 0 radical (unpaired) electrons. The van der Waals surface area contributed by atoms with Gasteiger partial charge in [-0.25, -0.2) is 5.43 Å². The summed E-state index contributed by atoms with van der Waals surface area (Å²) in [4.78, 5) is 12.1. The van der Waals surface area contributed by atoms with E-state index in [2.05, 4.69) is 22.8 Å². The highest BCUT2D eigenvalue weighted by atomic mass is 16.5. The first-order chi connectivity index (χ1) is 12.7. The molecule has 0 spiro atoms. The molecule has 2 N–H and O–H groups in total. The van der Waals surface area contributed by atoms with Gasteiger partial charge in [0.2, 0.25) is 0 Å². The highest BCUT2D eigenvalue weighted by molar-refractivity contribution is 6.01. The molecule has 0 aromatic heterocycles. The minimum Gasteiger partial charge on any atom is -0.494 e. The van der Waals surface area contributed by atoms with Crippen molar-refractivity contribution in [3.63, 3.8) is 0 Å². The van der Waals surface area contributed by atoms with E-state index in [1.54, 1.807) is 0 Å². The number of hydrogen-bond donors (Lipinski definition) is 2. The van der Waals surface area contributed by atoms with Crippen LogP contribution in [0, 0.1) is 0 Å². The largest absolute Gasteiger partial charge is 0.494 e. The maximum Gasteiger partial charge on any atom is 0.259 e. The standard InChI is InChI=1S/C21H27N3O2/c1-3-5-11-20(17-9-7-6-8-10-17)23-24-21(25)16-22-18-12-14-19(15-13-18)26-4-2/h6-10,12-15,22H,3-5,11,16H2,1-2H3,(H,24,25)/b23-20+. The van der Waals surface area contributed by atoms with Gasteiger partial charge in [-0.05, 0) is 49.6 Å². The van der Waals surface area contributed by atoms with Gasteiger partial charge in [0.05, 0.1) is 18.9 Å². The predicted octanol–water partition coefficient (Wildman–Crippen LogP) is 4.21. The number of ether oxygens (including phenoxy) is 1. The SMILES string of the molecule is CCCC/C(=N\NC(=O)CNc1ccc(OCC)cc1)c1ccccc1. The zero-order valence-electron chi connectivity index (χ0n) is 15.5. The number of anilines is 1. The summed E-state index contributed by atoms with van der Waals surface area (Å²) in [6, 6.07) is 17.5. The number of nitrogens with zero attached hydrogens (tertiary/aromatic N) is 1. The summed E-state index contributed by atoms with van der Waals surface area (Å²) >= 11 is 0. The second kappa shape index (κ2) is 10.9. The van der Waals surface area contributed by atoms with Crippen molar-refractivity contribution in [1.29, 1.82) is 0 Å². The number of hydrogen-bond acceptors (Lipinski definition) is 4. The molecule has 5 nitrogen and oxygen atoms in total. The van der Waals surface area contributed by atoms with E-state index in [0.717, 1.165) is 42.0 Å². The summed E-state index contributed by atoms with van der Waals surface area (Å²) < 4.78 is 5.40. The zero-order chi connectivity index (χ0) is 18.6. The summed E-state index contributed by atoms with van der Waals surface area (Å²) in [5, 5.41) is 7.42. The molecule has 0 bridgehead atoms. The fourth-order valence-corrected chi connectivity index (χ4v) is 2.43. The van der Waals surface area contributed by atoms with Gasteiger partial charge in [-0.3, -0.25) is 4.79 Å². The molecule has 0 aliphatic heterocycles. The van der Waals surface area contributed by atoms with Crippen LogP contribution < -0.4 is 15.5 Å². The molecule has 0 saturated carbocycles. The van der Waals surface area contributed by atoms with Crippen molar-refractivity contribution in [3.05, 3.63) is 60.2 Å². The van der Waals surface area contributed by atoms with Gasteiger partial charge in [0.1, 0.15) is 5.75 Å². The number of carbonyl (C=O) groups is 1. The Hall–Kier alpha value is -2.82. The molecule has 0 atom stereocenters. The molecule has 0 fully saturated rings. The third kappa shape index (κ3) is 6.59. The Kier molecular flexibility index (Phi) is 8.19. The molecule has 5 heteroatoms. The maximum atomic E-state index is 12.1. The molecule has 138 valence electrons. The van der Waals surface area contributed by atoms with Crippen LogP contribution in [0.5, 0.6) is 5.75 Å². The molecular weight excluding hydrogens is 326 g/mol. The van der Waals surface area contributed by atoms with Crippen LogP contribution in [0.2, 0.25) is 0 Å². The van der Waals surface area contributed by atoms with Crippen LogP contribution in [0.15, 0.2) is 59.7 Å². The molecule has 0 unspecified atom stereocenters. The minimum absolute atomic E-state index is 0.160. The Morgan fingerprint density at radius 2 is 1.77 bits per heavy atom. The van der Waals surface area contributed by atoms with Crippen LogP contribution >= 0.6 is 0 Å². The van der Waals surface area contributed by atoms with Crippen molar-refractivity contribution in [2.24, 2.45) is 5.10 Å². The molecule has 0 aliphatic rings. The lowest BCUT2D eigenvalue weighted by Crippen LogP contribution is -2.27. The van der Waals surface area contributed by atoms with Crippen molar-refractivity contribution in [3.8, 4) is 5.75 Å². The number of hydrazone groups is 1. The lowest BCUT2D eigenvalue weighted by molar-refractivity contribution is -0.119. The molecule has 0 saturated heterocycles. The number of carbonyl (C=O) groups excluding carboxylic acids is 1. The number of amides is 1. The van der Waals surface area contributed by atoms with Gasteiger partial charge in [0.25, 0.3) is 5.91 Å². The third-order valence-corrected chi connectivity index (χ3v) is 3.81.